The molecule has 0 saturated heterocycles. The van der Waals surface area contributed by atoms with E-state index in [0.717, 1.165) is 16.5 Å². The van der Waals surface area contributed by atoms with Crippen molar-refractivity contribution in [1.29, 1.82) is 0 Å². The third-order valence-corrected chi connectivity index (χ3v) is 5.05. The Balaban J connectivity index is 1.76. The van der Waals surface area contributed by atoms with Gasteiger partial charge < -0.3 is 19.4 Å². The van der Waals surface area contributed by atoms with Crippen LogP contribution in [-0.4, -0.2) is 24.2 Å². The summed E-state index contributed by atoms with van der Waals surface area (Å²) in [6.45, 7) is 7.11. The Bertz CT molecular complexity index is 989. The van der Waals surface area contributed by atoms with Crippen molar-refractivity contribution in [2.45, 2.75) is 27.3 Å². The van der Waals surface area contributed by atoms with E-state index >= 15 is 0 Å². The van der Waals surface area contributed by atoms with E-state index in [4.69, 9.17) is 9.47 Å². The van der Waals surface area contributed by atoms with E-state index in [0.29, 0.717) is 30.2 Å². The van der Waals surface area contributed by atoms with Crippen LogP contribution in [0.2, 0.25) is 0 Å². The molecule has 3 rings (SSSR count). The second-order valence-electron chi connectivity index (χ2n) is 6.60. The van der Waals surface area contributed by atoms with Gasteiger partial charge in [0.15, 0.2) is 11.5 Å². The van der Waals surface area contributed by atoms with Crippen LogP contribution in [-0.2, 0) is 13.6 Å². The van der Waals surface area contributed by atoms with E-state index in [1.165, 1.54) is 11.3 Å². The van der Waals surface area contributed by atoms with Crippen molar-refractivity contribution >= 4 is 16.8 Å². The number of carbonyl (C=O) groups is 1. The molecule has 142 valence electrons. The van der Waals surface area contributed by atoms with Gasteiger partial charge in [0.1, 0.15) is 0 Å². The van der Waals surface area contributed by atoms with Gasteiger partial charge in [-0.25, -0.2) is 0 Å². The van der Waals surface area contributed by atoms with Crippen LogP contribution in [0.15, 0.2) is 36.4 Å². The standard InChI is InChI=1S/C22H26N2O3/c1-6-27-20-10-7-16(11-21(20)26-5)13-23-22(25)17-8-9-19-18(12-17)14(2)15(3)24(19)4/h7-12H,6,13H2,1-5H3,(H,23,25). The Morgan fingerprint density at radius 1 is 1.11 bits per heavy atom. The fraction of sp³-hybridized carbons (Fsp3) is 0.318. The van der Waals surface area contributed by atoms with Crippen LogP contribution in [0.1, 0.15) is 34.1 Å². The highest BCUT2D eigenvalue weighted by Gasteiger charge is 2.12. The second kappa shape index (κ2) is 7.74. The predicted molar refractivity (Wildman–Crippen MR) is 108 cm³/mol. The molecule has 0 radical (unpaired) electrons. The van der Waals surface area contributed by atoms with E-state index in [2.05, 4.69) is 23.7 Å². The summed E-state index contributed by atoms with van der Waals surface area (Å²) in [5, 5.41) is 4.10. The molecule has 0 unspecified atom stereocenters. The van der Waals surface area contributed by atoms with Crippen LogP contribution in [0.25, 0.3) is 10.9 Å². The van der Waals surface area contributed by atoms with Gasteiger partial charge in [-0.3, -0.25) is 4.79 Å². The van der Waals surface area contributed by atoms with Crippen molar-refractivity contribution in [2.75, 3.05) is 13.7 Å². The molecule has 0 spiro atoms. The maximum absolute atomic E-state index is 12.6. The first-order chi connectivity index (χ1) is 13.0. The summed E-state index contributed by atoms with van der Waals surface area (Å²) < 4.78 is 13.0. The van der Waals surface area contributed by atoms with Crippen LogP contribution >= 0.6 is 0 Å². The molecule has 2 aromatic carbocycles. The summed E-state index contributed by atoms with van der Waals surface area (Å²) in [6, 6.07) is 11.5. The molecule has 5 nitrogen and oxygen atoms in total. The average Bonchev–Trinajstić information content (AvgIpc) is 2.91. The number of hydrogen-bond acceptors (Lipinski definition) is 3. The number of ether oxygens (including phenoxy) is 2. The quantitative estimate of drug-likeness (QED) is 0.714. The van der Waals surface area contributed by atoms with Gasteiger partial charge in [0.25, 0.3) is 5.91 Å². The molecule has 0 saturated carbocycles. The minimum absolute atomic E-state index is 0.0920. The summed E-state index contributed by atoms with van der Waals surface area (Å²) >= 11 is 0. The third kappa shape index (κ3) is 3.63. The largest absolute Gasteiger partial charge is 0.493 e. The first kappa shape index (κ1) is 18.8. The Hall–Kier alpha value is -2.95. The summed E-state index contributed by atoms with van der Waals surface area (Å²) in [4.78, 5) is 12.6. The Kier molecular flexibility index (Phi) is 5.40. The van der Waals surface area contributed by atoms with Gasteiger partial charge in [0.05, 0.1) is 13.7 Å². The molecule has 1 amide bonds. The first-order valence-electron chi connectivity index (χ1n) is 9.09. The lowest BCUT2D eigenvalue weighted by Crippen LogP contribution is -2.22. The van der Waals surface area contributed by atoms with Crippen LogP contribution in [0.4, 0.5) is 0 Å². The lowest BCUT2D eigenvalue weighted by atomic mass is 10.1. The molecule has 1 N–H and O–H groups in total. The van der Waals surface area contributed by atoms with Crippen molar-refractivity contribution in [3.63, 3.8) is 0 Å². The molecule has 0 aliphatic rings. The number of aromatic nitrogens is 1. The number of carbonyl (C=O) groups excluding carboxylic acids is 1. The normalized spacial score (nSPS) is 10.9. The summed E-state index contributed by atoms with van der Waals surface area (Å²) in [6.07, 6.45) is 0. The molecule has 1 heterocycles. The van der Waals surface area contributed by atoms with Crippen molar-refractivity contribution in [3.8, 4) is 11.5 Å². The minimum Gasteiger partial charge on any atom is -0.493 e. The zero-order valence-electron chi connectivity index (χ0n) is 16.6. The van der Waals surface area contributed by atoms with Crippen molar-refractivity contribution < 1.29 is 14.3 Å². The highest BCUT2D eigenvalue weighted by atomic mass is 16.5. The fourth-order valence-electron chi connectivity index (χ4n) is 3.28. The second-order valence-corrected chi connectivity index (χ2v) is 6.60. The van der Waals surface area contributed by atoms with Gasteiger partial charge in [-0.05, 0) is 62.2 Å². The number of nitrogens with zero attached hydrogens (tertiary/aromatic N) is 1. The molecule has 0 aliphatic heterocycles. The van der Waals surface area contributed by atoms with Crippen LogP contribution in [0.5, 0.6) is 11.5 Å². The number of aryl methyl sites for hydroxylation is 2. The highest BCUT2D eigenvalue weighted by Crippen LogP contribution is 2.28. The molecular formula is C22H26N2O3. The molecule has 0 fully saturated rings. The number of nitrogens with one attached hydrogen (secondary N) is 1. The van der Waals surface area contributed by atoms with E-state index in [9.17, 15) is 4.79 Å². The van der Waals surface area contributed by atoms with E-state index in [-0.39, 0.29) is 5.91 Å². The molecular weight excluding hydrogens is 340 g/mol. The molecule has 27 heavy (non-hydrogen) atoms. The molecule has 3 aromatic rings. The highest BCUT2D eigenvalue weighted by molar-refractivity contribution is 5.99. The number of rotatable bonds is 6. The number of amides is 1. The first-order valence-corrected chi connectivity index (χ1v) is 9.09. The lowest BCUT2D eigenvalue weighted by Gasteiger charge is -2.11. The summed E-state index contributed by atoms with van der Waals surface area (Å²) in [7, 11) is 3.66. The van der Waals surface area contributed by atoms with Crippen LogP contribution in [0, 0.1) is 13.8 Å². The minimum atomic E-state index is -0.0920. The van der Waals surface area contributed by atoms with Gasteiger partial charge in [-0.15, -0.1) is 0 Å². The SMILES string of the molecule is CCOc1ccc(CNC(=O)c2ccc3c(c2)c(C)c(C)n3C)cc1OC. The third-order valence-electron chi connectivity index (χ3n) is 5.05. The van der Waals surface area contributed by atoms with Crippen molar-refractivity contribution in [3.05, 3.63) is 58.8 Å². The Morgan fingerprint density at radius 3 is 2.59 bits per heavy atom. The zero-order valence-corrected chi connectivity index (χ0v) is 16.6. The maximum atomic E-state index is 12.6. The number of methoxy groups -OCH3 is 1. The van der Waals surface area contributed by atoms with Gasteiger partial charge in [-0.2, -0.15) is 0 Å². The van der Waals surface area contributed by atoms with Gasteiger partial charge in [0.2, 0.25) is 0 Å². The number of benzene rings is 2. The maximum Gasteiger partial charge on any atom is 0.251 e. The molecule has 0 atom stereocenters. The molecule has 5 heteroatoms. The lowest BCUT2D eigenvalue weighted by molar-refractivity contribution is 0.0951. The van der Waals surface area contributed by atoms with Gasteiger partial charge in [0, 0.05) is 35.8 Å². The average molecular weight is 366 g/mol. The zero-order chi connectivity index (χ0) is 19.6. The number of hydrogen-bond donors (Lipinski definition) is 1. The van der Waals surface area contributed by atoms with Crippen molar-refractivity contribution in [2.24, 2.45) is 7.05 Å². The topological polar surface area (TPSA) is 52.5 Å². The fourth-order valence-corrected chi connectivity index (χ4v) is 3.28. The van der Waals surface area contributed by atoms with E-state index < -0.39 is 0 Å². The Labute approximate surface area is 159 Å². The van der Waals surface area contributed by atoms with Crippen LogP contribution in [0.3, 0.4) is 0 Å². The summed E-state index contributed by atoms with van der Waals surface area (Å²) in [5.74, 6) is 1.28. The van der Waals surface area contributed by atoms with Crippen LogP contribution < -0.4 is 14.8 Å². The molecule has 0 aliphatic carbocycles. The predicted octanol–water partition coefficient (Wildman–Crippen LogP) is 4.13. The molecule has 0 bridgehead atoms. The van der Waals surface area contributed by atoms with Gasteiger partial charge >= 0.3 is 0 Å². The Morgan fingerprint density at radius 2 is 1.89 bits per heavy atom. The summed E-state index contributed by atoms with van der Waals surface area (Å²) in [5.41, 5.74) is 5.17. The van der Waals surface area contributed by atoms with E-state index in [1.54, 1.807) is 7.11 Å². The smallest absolute Gasteiger partial charge is 0.251 e. The number of fused-ring (bicyclic) bond motifs is 1. The van der Waals surface area contributed by atoms with E-state index in [1.807, 2.05) is 50.4 Å². The van der Waals surface area contributed by atoms with Gasteiger partial charge in [-0.1, -0.05) is 6.07 Å². The van der Waals surface area contributed by atoms with Crippen molar-refractivity contribution in [1.82, 2.24) is 9.88 Å². The molecule has 1 aromatic heterocycles. The monoisotopic (exact) mass is 366 g/mol.